The highest BCUT2D eigenvalue weighted by Gasteiger charge is 2.16. The third-order valence-corrected chi connectivity index (χ3v) is 4.82. The maximum absolute atomic E-state index is 12.8. The lowest BCUT2D eigenvalue weighted by molar-refractivity contribution is -0.116. The Kier molecular flexibility index (Phi) is 7.38. The van der Waals surface area contributed by atoms with Crippen molar-refractivity contribution >= 4 is 17.3 Å². The van der Waals surface area contributed by atoms with Crippen LogP contribution in [0.2, 0.25) is 0 Å². The fraction of sp³-hybridized carbons (Fsp3) is 0.240. The number of ether oxygens (including phenoxy) is 3. The molecule has 0 spiro atoms. The van der Waals surface area contributed by atoms with Crippen LogP contribution in [0.15, 0.2) is 66.7 Å². The Bertz CT molecular complexity index is 1020. The van der Waals surface area contributed by atoms with Gasteiger partial charge in [0.2, 0.25) is 5.91 Å². The molecule has 1 amide bonds. The maximum atomic E-state index is 12.8. The van der Waals surface area contributed by atoms with Gasteiger partial charge in [0.25, 0.3) is 0 Å². The smallest absolute Gasteiger partial charge is 0.246 e. The molecular formula is C25H28N2O4. The van der Waals surface area contributed by atoms with Gasteiger partial charge in [-0.25, -0.2) is 0 Å². The van der Waals surface area contributed by atoms with Crippen molar-refractivity contribution in [2.24, 2.45) is 0 Å². The van der Waals surface area contributed by atoms with Crippen LogP contribution in [0.4, 0.5) is 11.4 Å². The number of hydrogen-bond donors (Lipinski definition) is 2. The van der Waals surface area contributed by atoms with Gasteiger partial charge in [0.15, 0.2) is 0 Å². The molecule has 0 unspecified atom stereocenters. The van der Waals surface area contributed by atoms with Crippen LogP contribution < -0.4 is 24.8 Å². The Morgan fingerprint density at radius 3 is 2.35 bits per heavy atom. The number of rotatable bonds is 9. The molecule has 0 aliphatic carbocycles. The standard InChI is InChI=1S/C25H28N2O4/c1-5-31-24-9-7-6-8-22(24)27-25(28)17(2)26-19-12-15-23(30-4)21(16-19)18-10-13-20(29-3)14-11-18/h6-17,26H,5H2,1-4H3,(H,27,28)/t17-/m0/s1. The van der Waals surface area contributed by atoms with Crippen molar-refractivity contribution < 1.29 is 19.0 Å². The molecule has 6 nitrogen and oxygen atoms in total. The Morgan fingerprint density at radius 2 is 1.68 bits per heavy atom. The predicted molar refractivity (Wildman–Crippen MR) is 124 cm³/mol. The number of carbonyl (C=O) groups excluding carboxylic acids is 1. The summed E-state index contributed by atoms with van der Waals surface area (Å²) < 4.78 is 16.4. The van der Waals surface area contributed by atoms with Crippen molar-refractivity contribution in [2.75, 3.05) is 31.5 Å². The van der Waals surface area contributed by atoms with E-state index in [1.807, 2.05) is 80.6 Å². The largest absolute Gasteiger partial charge is 0.497 e. The average Bonchev–Trinajstić information content (AvgIpc) is 2.80. The zero-order valence-electron chi connectivity index (χ0n) is 18.3. The highest BCUT2D eigenvalue weighted by atomic mass is 16.5. The van der Waals surface area contributed by atoms with Crippen LogP contribution in [0, 0.1) is 0 Å². The van der Waals surface area contributed by atoms with Crippen molar-refractivity contribution in [2.45, 2.75) is 19.9 Å². The van der Waals surface area contributed by atoms with Gasteiger partial charge < -0.3 is 24.8 Å². The Morgan fingerprint density at radius 1 is 0.935 bits per heavy atom. The average molecular weight is 421 g/mol. The number of methoxy groups -OCH3 is 2. The number of hydrogen-bond acceptors (Lipinski definition) is 5. The van der Waals surface area contributed by atoms with E-state index in [4.69, 9.17) is 14.2 Å². The first-order valence-corrected chi connectivity index (χ1v) is 10.2. The van der Waals surface area contributed by atoms with Crippen molar-refractivity contribution in [3.63, 3.8) is 0 Å². The van der Waals surface area contributed by atoms with Crippen LogP contribution in [0.1, 0.15) is 13.8 Å². The van der Waals surface area contributed by atoms with E-state index in [1.54, 1.807) is 14.2 Å². The first-order chi connectivity index (χ1) is 15.0. The number of anilines is 2. The van der Waals surface area contributed by atoms with E-state index in [0.717, 1.165) is 28.3 Å². The number of benzene rings is 3. The molecular weight excluding hydrogens is 392 g/mol. The van der Waals surface area contributed by atoms with Gasteiger partial charge in [-0.15, -0.1) is 0 Å². The predicted octanol–water partition coefficient (Wildman–Crippen LogP) is 5.21. The molecule has 0 radical (unpaired) electrons. The van der Waals surface area contributed by atoms with E-state index >= 15 is 0 Å². The molecule has 0 aliphatic rings. The normalized spacial score (nSPS) is 11.4. The molecule has 0 saturated carbocycles. The molecule has 162 valence electrons. The summed E-state index contributed by atoms with van der Waals surface area (Å²) in [5, 5.41) is 6.20. The second kappa shape index (κ2) is 10.4. The van der Waals surface area contributed by atoms with Gasteiger partial charge >= 0.3 is 0 Å². The van der Waals surface area contributed by atoms with E-state index in [2.05, 4.69) is 10.6 Å². The van der Waals surface area contributed by atoms with Gasteiger partial charge in [-0.05, 0) is 61.9 Å². The lowest BCUT2D eigenvalue weighted by atomic mass is 10.0. The molecule has 0 aliphatic heterocycles. The summed E-state index contributed by atoms with van der Waals surface area (Å²) in [5.41, 5.74) is 3.37. The molecule has 3 aromatic rings. The van der Waals surface area contributed by atoms with Crippen LogP contribution in [0.25, 0.3) is 11.1 Å². The first kappa shape index (κ1) is 22.0. The Balaban J connectivity index is 1.76. The number of nitrogens with one attached hydrogen (secondary N) is 2. The Hall–Kier alpha value is -3.67. The summed E-state index contributed by atoms with van der Waals surface area (Å²) in [4.78, 5) is 12.8. The van der Waals surface area contributed by atoms with E-state index < -0.39 is 6.04 Å². The summed E-state index contributed by atoms with van der Waals surface area (Å²) in [6, 6.07) is 20.4. The van der Waals surface area contributed by atoms with Gasteiger partial charge in [0.1, 0.15) is 23.3 Å². The van der Waals surface area contributed by atoms with Crippen LogP contribution >= 0.6 is 0 Å². The number of carbonyl (C=O) groups is 1. The van der Waals surface area contributed by atoms with Gasteiger partial charge in [-0.3, -0.25) is 4.79 Å². The van der Waals surface area contributed by atoms with E-state index in [9.17, 15) is 4.79 Å². The zero-order chi connectivity index (χ0) is 22.2. The number of amides is 1. The third-order valence-electron chi connectivity index (χ3n) is 4.82. The van der Waals surface area contributed by atoms with Gasteiger partial charge in [0.05, 0.1) is 26.5 Å². The molecule has 2 N–H and O–H groups in total. The van der Waals surface area contributed by atoms with E-state index in [0.29, 0.717) is 18.0 Å². The molecule has 31 heavy (non-hydrogen) atoms. The number of para-hydroxylation sites is 2. The monoisotopic (exact) mass is 420 g/mol. The van der Waals surface area contributed by atoms with Crippen LogP contribution in [-0.4, -0.2) is 32.8 Å². The molecule has 0 bridgehead atoms. The fourth-order valence-corrected chi connectivity index (χ4v) is 3.20. The third kappa shape index (κ3) is 5.48. The highest BCUT2D eigenvalue weighted by molar-refractivity contribution is 5.97. The molecule has 0 saturated heterocycles. The van der Waals surface area contributed by atoms with Crippen LogP contribution in [0.5, 0.6) is 17.2 Å². The van der Waals surface area contributed by atoms with Crippen LogP contribution in [-0.2, 0) is 4.79 Å². The lowest BCUT2D eigenvalue weighted by Crippen LogP contribution is -2.32. The fourth-order valence-electron chi connectivity index (χ4n) is 3.20. The van der Waals surface area contributed by atoms with Crippen molar-refractivity contribution in [1.82, 2.24) is 0 Å². The summed E-state index contributed by atoms with van der Waals surface area (Å²) in [7, 11) is 3.28. The summed E-state index contributed by atoms with van der Waals surface area (Å²) in [6.07, 6.45) is 0. The van der Waals surface area contributed by atoms with E-state index in [1.165, 1.54) is 0 Å². The molecule has 0 fully saturated rings. The van der Waals surface area contributed by atoms with Crippen molar-refractivity contribution in [3.8, 4) is 28.4 Å². The highest BCUT2D eigenvalue weighted by Crippen LogP contribution is 2.33. The van der Waals surface area contributed by atoms with Gasteiger partial charge in [0, 0.05) is 11.3 Å². The molecule has 6 heteroatoms. The molecule has 3 rings (SSSR count). The SMILES string of the molecule is CCOc1ccccc1NC(=O)[C@H](C)Nc1ccc(OC)c(-c2ccc(OC)cc2)c1. The van der Waals surface area contributed by atoms with Crippen molar-refractivity contribution in [3.05, 3.63) is 66.7 Å². The minimum atomic E-state index is -0.466. The quantitative estimate of drug-likeness (QED) is 0.497. The van der Waals surface area contributed by atoms with Gasteiger partial charge in [-0.2, -0.15) is 0 Å². The molecule has 0 heterocycles. The molecule has 3 aromatic carbocycles. The second-order valence-electron chi connectivity index (χ2n) is 6.93. The summed E-state index contributed by atoms with van der Waals surface area (Å²) in [5.74, 6) is 2.03. The Labute approximate surface area is 183 Å². The van der Waals surface area contributed by atoms with Crippen molar-refractivity contribution in [1.29, 1.82) is 0 Å². The second-order valence-corrected chi connectivity index (χ2v) is 6.93. The first-order valence-electron chi connectivity index (χ1n) is 10.2. The van der Waals surface area contributed by atoms with Crippen LogP contribution in [0.3, 0.4) is 0 Å². The molecule has 1 atom stereocenters. The lowest BCUT2D eigenvalue weighted by Gasteiger charge is -2.18. The summed E-state index contributed by atoms with van der Waals surface area (Å²) in [6.45, 7) is 4.25. The van der Waals surface area contributed by atoms with Gasteiger partial charge in [-0.1, -0.05) is 24.3 Å². The zero-order valence-corrected chi connectivity index (χ0v) is 18.3. The minimum absolute atomic E-state index is 0.158. The minimum Gasteiger partial charge on any atom is -0.497 e. The maximum Gasteiger partial charge on any atom is 0.246 e. The molecule has 0 aromatic heterocycles. The van der Waals surface area contributed by atoms with E-state index in [-0.39, 0.29) is 5.91 Å². The summed E-state index contributed by atoms with van der Waals surface area (Å²) >= 11 is 0. The topological polar surface area (TPSA) is 68.8 Å².